The van der Waals surface area contributed by atoms with Crippen LogP contribution in [0, 0.1) is 11.8 Å². The van der Waals surface area contributed by atoms with Crippen LogP contribution in [0.2, 0.25) is 0 Å². The molecule has 0 radical (unpaired) electrons. The molecule has 0 bridgehead atoms. The van der Waals surface area contributed by atoms with Crippen LogP contribution < -0.4 is 4.72 Å². The predicted molar refractivity (Wildman–Crippen MR) is 83.8 cm³/mol. The molecule has 0 saturated carbocycles. The van der Waals surface area contributed by atoms with E-state index in [-0.39, 0.29) is 6.10 Å². The number of fused-ring (bicyclic) bond motifs is 1. The summed E-state index contributed by atoms with van der Waals surface area (Å²) in [5, 5.41) is 2.11. The molecule has 2 fully saturated rings. The lowest BCUT2D eigenvalue weighted by molar-refractivity contribution is 0.0779. The average molecular weight is 330 g/mol. The maximum Gasteiger partial charge on any atom is 0.208 e. The highest BCUT2D eigenvalue weighted by Crippen LogP contribution is 2.34. The molecule has 0 unspecified atom stereocenters. The Bertz CT molecular complexity index is 559. The minimum atomic E-state index is -3.15. The van der Waals surface area contributed by atoms with E-state index >= 15 is 0 Å². The summed E-state index contributed by atoms with van der Waals surface area (Å²) in [5.41, 5.74) is 0. The van der Waals surface area contributed by atoms with Gasteiger partial charge in [-0.3, -0.25) is 4.90 Å². The van der Waals surface area contributed by atoms with Crippen molar-refractivity contribution in [2.75, 3.05) is 32.5 Å². The molecule has 3 rings (SSSR count). The van der Waals surface area contributed by atoms with Crippen molar-refractivity contribution in [2.24, 2.45) is 11.8 Å². The van der Waals surface area contributed by atoms with Crippen molar-refractivity contribution in [3.63, 3.8) is 0 Å². The van der Waals surface area contributed by atoms with Crippen LogP contribution in [-0.2, 0) is 21.3 Å². The normalized spacial score (nSPS) is 30.4. The van der Waals surface area contributed by atoms with E-state index in [0.717, 1.165) is 32.7 Å². The van der Waals surface area contributed by atoms with Crippen LogP contribution in [-0.4, -0.2) is 51.9 Å². The van der Waals surface area contributed by atoms with Crippen LogP contribution in [0.5, 0.6) is 0 Å². The number of nitrogens with one attached hydrogen (secondary N) is 1. The first-order valence-electron chi connectivity index (χ1n) is 7.32. The van der Waals surface area contributed by atoms with Crippen LogP contribution in [0.15, 0.2) is 17.5 Å². The maximum atomic E-state index is 11.2. The van der Waals surface area contributed by atoms with Crippen molar-refractivity contribution in [1.29, 1.82) is 0 Å². The fourth-order valence-corrected chi connectivity index (χ4v) is 4.52. The van der Waals surface area contributed by atoms with Gasteiger partial charge in [0.1, 0.15) is 0 Å². The molecule has 3 heterocycles. The van der Waals surface area contributed by atoms with E-state index in [1.165, 1.54) is 11.1 Å². The van der Waals surface area contributed by atoms with Crippen molar-refractivity contribution in [1.82, 2.24) is 9.62 Å². The van der Waals surface area contributed by atoms with Gasteiger partial charge in [0.2, 0.25) is 10.0 Å². The molecule has 0 aromatic carbocycles. The van der Waals surface area contributed by atoms with Gasteiger partial charge in [0.15, 0.2) is 0 Å². The molecule has 0 aliphatic carbocycles. The number of hydrogen-bond donors (Lipinski definition) is 1. The average Bonchev–Trinajstić information content (AvgIpc) is 3.05. The number of likely N-dealkylation sites (tertiary alicyclic amines) is 1. The third-order valence-electron chi connectivity index (χ3n) is 4.40. The SMILES string of the molecule is CS(=O)(=O)NC[C@@H]1OC[C@H]2CCN(Cc3cccs3)C[C@H]21. The summed E-state index contributed by atoms with van der Waals surface area (Å²) in [6.07, 6.45) is 2.35. The molecule has 118 valence electrons. The van der Waals surface area contributed by atoms with E-state index in [4.69, 9.17) is 4.74 Å². The lowest BCUT2D eigenvalue weighted by atomic mass is 9.84. The molecule has 1 aromatic heterocycles. The number of hydrogen-bond acceptors (Lipinski definition) is 5. The van der Waals surface area contributed by atoms with E-state index in [1.54, 1.807) is 11.3 Å². The fourth-order valence-electron chi connectivity index (χ4n) is 3.31. The first-order chi connectivity index (χ1) is 10.0. The van der Waals surface area contributed by atoms with E-state index in [0.29, 0.717) is 18.4 Å². The molecule has 2 aliphatic heterocycles. The molecule has 2 saturated heterocycles. The summed E-state index contributed by atoms with van der Waals surface area (Å²) < 4.78 is 30.9. The topological polar surface area (TPSA) is 58.6 Å². The van der Waals surface area contributed by atoms with Crippen molar-refractivity contribution in [3.8, 4) is 0 Å². The highest BCUT2D eigenvalue weighted by Gasteiger charge is 2.40. The van der Waals surface area contributed by atoms with E-state index < -0.39 is 10.0 Å². The van der Waals surface area contributed by atoms with Gasteiger partial charge in [-0.25, -0.2) is 13.1 Å². The molecule has 0 amide bonds. The fraction of sp³-hybridized carbons (Fsp3) is 0.714. The lowest BCUT2D eigenvalue weighted by Gasteiger charge is -2.35. The number of sulfonamides is 1. The van der Waals surface area contributed by atoms with Gasteiger partial charge < -0.3 is 4.74 Å². The molecule has 1 N–H and O–H groups in total. The van der Waals surface area contributed by atoms with E-state index in [9.17, 15) is 8.42 Å². The second-order valence-corrected chi connectivity index (χ2v) is 8.88. The van der Waals surface area contributed by atoms with Crippen molar-refractivity contribution < 1.29 is 13.2 Å². The quantitative estimate of drug-likeness (QED) is 0.879. The molecule has 7 heteroatoms. The lowest BCUT2D eigenvalue weighted by Crippen LogP contribution is -2.44. The van der Waals surface area contributed by atoms with Gasteiger partial charge in [-0.1, -0.05) is 6.07 Å². The monoisotopic (exact) mass is 330 g/mol. The largest absolute Gasteiger partial charge is 0.376 e. The van der Waals surface area contributed by atoms with Gasteiger partial charge in [-0.05, 0) is 30.3 Å². The van der Waals surface area contributed by atoms with Gasteiger partial charge >= 0.3 is 0 Å². The van der Waals surface area contributed by atoms with Gasteiger partial charge in [0.05, 0.1) is 19.0 Å². The van der Waals surface area contributed by atoms with Crippen LogP contribution in [0.4, 0.5) is 0 Å². The van der Waals surface area contributed by atoms with Gasteiger partial charge in [0.25, 0.3) is 0 Å². The summed E-state index contributed by atoms with van der Waals surface area (Å²) in [4.78, 5) is 3.85. The summed E-state index contributed by atoms with van der Waals surface area (Å²) in [5.74, 6) is 1.02. The van der Waals surface area contributed by atoms with Crippen LogP contribution in [0.1, 0.15) is 11.3 Å². The smallest absolute Gasteiger partial charge is 0.208 e. The first kappa shape index (κ1) is 15.4. The standard InChI is InChI=1S/C14H22N2O3S2/c1-21(17,18)15-7-14-13-9-16(5-4-11(13)10-19-14)8-12-3-2-6-20-12/h2-3,6,11,13-15H,4-5,7-10H2,1H3/t11-,13-,14+/m1/s1. The zero-order valence-electron chi connectivity index (χ0n) is 12.2. The highest BCUT2D eigenvalue weighted by molar-refractivity contribution is 7.88. The highest BCUT2D eigenvalue weighted by atomic mass is 32.2. The van der Waals surface area contributed by atoms with Crippen LogP contribution >= 0.6 is 11.3 Å². The Kier molecular flexibility index (Phi) is 4.66. The Morgan fingerprint density at radius 2 is 2.38 bits per heavy atom. The molecule has 3 atom stereocenters. The summed E-state index contributed by atoms with van der Waals surface area (Å²) in [6.45, 7) is 4.26. The number of nitrogens with zero attached hydrogens (tertiary/aromatic N) is 1. The zero-order valence-corrected chi connectivity index (χ0v) is 13.8. The second kappa shape index (κ2) is 6.34. The Hall–Kier alpha value is -0.470. The molecule has 5 nitrogen and oxygen atoms in total. The van der Waals surface area contributed by atoms with Crippen molar-refractivity contribution in [3.05, 3.63) is 22.4 Å². The first-order valence-corrected chi connectivity index (χ1v) is 10.1. The molecule has 1 aromatic rings. The molecule has 2 aliphatic rings. The Labute approximate surface area is 130 Å². The number of piperidine rings is 1. The molecular formula is C14H22N2O3S2. The van der Waals surface area contributed by atoms with Crippen molar-refractivity contribution in [2.45, 2.75) is 19.1 Å². The summed E-state index contributed by atoms with van der Waals surface area (Å²) in [6, 6.07) is 4.26. The minimum Gasteiger partial charge on any atom is -0.376 e. The van der Waals surface area contributed by atoms with Crippen LogP contribution in [0.25, 0.3) is 0 Å². The van der Waals surface area contributed by atoms with Gasteiger partial charge in [0, 0.05) is 30.4 Å². The third kappa shape index (κ3) is 4.04. The van der Waals surface area contributed by atoms with Gasteiger partial charge in [-0.2, -0.15) is 0 Å². The molecular weight excluding hydrogens is 308 g/mol. The summed E-state index contributed by atoms with van der Waals surface area (Å²) >= 11 is 1.79. The molecule has 21 heavy (non-hydrogen) atoms. The zero-order chi connectivity index (χ0) is 14.9. The predicted octanol–water partition coefficient (Wildman–Crippen LogP) is 1.13. The Morgan fingerprint density at radius 1 is 1.52 bits per heavy atom. The minimum absolute atomic E-state index is 0.0101. The summed E-state index contributed by atoms with van der Waals surface area (Å²) in [7, 11) is -3.15. The van der Waals surface area contributed by atoms with Crippen molar-refractivity contribution >= 4 is 21.4 Å². The number of thiophene rings is 1. The Morgan fingerprint density at radius 3 is 3.10 bits per heavy atom. The second-order valence-electron chi connectivity index (χ2n) is 6.02. The Balaban J connectivity index is 1.58. The molecule has 0 spiro atoms. The van der Waals surface area contributed by atoms with E-state index in [2.05, 4.69) is 27.1 Å². The van der Waals surface area contributed by atoms with E-state index in [1.807, 2.05) is 0 Å². The van der Waals surface area contributed by atoms with Gasteiger partial charge in [-0.15, -0.1) is 11.3 Å². The van der Waals surface area contributed by atoms with Crippen LogP contribution in [0.3, 0.4) is 0 Å². The number of ether oxygens (including phenoxy) is 1. The number of rotatable bonds is 5. The third-order valence-corrected chi connectivity index (χ3v) is 5.95. The maximum absolute atomic E-state index is 11.2.